The highest BCUT2D eigenvalue weighted by Crippen LogP contribution is 2.23. The minimum atomic E-state index is -0.667. The van der Waals surface area contributed by atoms with Crippen molar-refractivity contribution in [3.63, 3.8) is 0 Å². The summed E-state index contributed by atoms with van der Waals surface area (Å²) in [7, 11) is 0. The summed E-state index contributed by atoms with van der Waals surface area (Å²) in [5.74, 6) is 0.604. The minimum Gasteiger partial charge on any atom is -0.352 e. The molecule has 0 bridgehead atoms. The van der Waals surface area contributed by atoms with Crippen LogP contribution in [0.25, 0.3) is 0 Å². The van der Waals surface area contributed by atoms with Crippen molar-refractivity contribution in [2.45, 2.75) is 51.6 Å². The van der Waals surface area contributed by atoms with Crippen LogP contribution in [-0.2, 0) is 4.79 Å². The predicted octanol–water partition coefficient (Wildman–Crippen LogP) is 0.738. The monoisotopic (exact) mass is 227 g/mol. The second-order valence-corrected chi connectivity index (χ2v) is 4.70. The third-order valence-electron chi connectivity index (χ3n) is 3.11. The molecule has 92 valence electrons. The first-order valence-corrected chi connectivity index (χ1v) is 5.85. The fraction of sp³-hybridized carbons (Fsp3) is 0.818. The van der Waals surface area contributed by atoms with Gasteiger partial charge in [0.1, 0.15) is 6.04 Å². The summed E-state index contributed by atoms with van der Waals surface area (Å²) in [6.45, 7) is 3.86. The van der Waals surface area contributed by atoms with Gasteiger partial charge in [0.15, 0.2) is 0 Å². The normalized spacial score (nSPS) is 26.9. The molecule has 3 amide bonds. The van der Waals surface area contributed by atoms with Crippen LogP contribution in [0.4, 0.5) is 4.79 Å². The van der Waals surface area contributed by atoms with E-state index in [-0.39, 0.29) is 11.9 Å². The average molecular weight is 227 g/mol. The van der Waals surface area contributed by atoms with Gasteiger partial charge in [-0.1, -0.05) is 6.92 Å². The van der Waals surface area contributed by atoms with Crippen LogP contribution in [0, 0.1) is 5.92 Å². The molecule has 5 heteroatoms. The third kappa shape index (κ3) is 4.08. The number of carbonyl (C=O) groups excluding carboxylic acids is 2. The Labute approximate surface area is 96.1 Å². The molecule has 0 radical (unpaired) electrons. The van der Waals surface area contributed by atoms with Crippen LogP contribution < -0.4 is 16.4 Å². The van der Waals surface area contributed by atoms with Gasteiger partial charge < -0.3 is 16.4 Å². The molecule has 0 aliphatic heterocycles. The lowest BCUT2D eigenvalue weighted by atomic mass is 9.87. The fourth-order valence-electron chi connectivity index (χ4n) is 2.01. The quantitative estimate of drug-likeness (QED) is 0.664. The Bertz CT molecular complexity index is 260. The number of hydrogen-bond donors (Lipinski definition) is 3. The second-order valence-electron chi connectivity index (χ2n) is 4.70. The van der Waals surface area contributed by atoms with Gasteiger partial charge >= 0.3 is 6.03 Å². The van der Waals surface area contributed by atoms with E-state index >= 15 is 0 Å². The van der Waals surface area contributed by atoms with E-state index < -0.39 is 12.1 Å². The Hall–Kier alpha value is -1.26. The molecule has 0 heterocycles. The SMILES string of the molecule is CC1CCC(NC(=O)[C@@H](C)NC(N)=O)CC1. The first-order chi connectivity index (χ1) is 7.49. The Morgan fingerprint density at radius 3 is 2.31 bits per heavy atom. The molecule has 1 saturated carbocycles. The van der Waals surface area contributed by atoms with E-state index in [9.17, 15) is 9.59 Å². The Balaban J connectivity index is 2.31. The summed E-state index contributed by atoms with van der Waals surface area (Å²) < 4.78 is 0. The zero-order valence-electron chi connectivity index (χ0n) is 9.95. The van der Waals surface area contributed by atoms with Crippen molar-refractivity contribution in [1.29, 1.82) is 0 Å². The van der Waals surface area contributed by atoms with Crippen LogP contribution in [0.5, 0.6) is 0 Å². The second kappa shape index (κ2) is 5.72. The largest absolute Gasteiger partial charge is 0.352 e. The van der Waals surface area contributed by atoms with Gasteiger partial charge in [-0.25, -0.2) is 4.79 Å². The number of nitrogens with one attached hydrogen (secondary N) is 2. The van der Waals surface area contributed by atoms with Crippen molar-refractivity contribution >= 4 is 11.9 Å². The van der Waals surface area contributed by atoms with Crippen LogP contribution in [0.3, 0.4) is 0 Å². The summed E-state index contributed by atoms with van der Waals surface area (Å²) in [5.41, 5.74) is 4.95. The van der Waals surface area contributed by atoms with E-state index in [2.05, 4.69) is 17.6 Å². The smallest absolute Gasteiger partial charge is 0.312 e. The molecule has 1 atom stereocenters. The van der Waals surface area contributed by atoms with Gasteiger partial charge in [0, 0.05) is 6.04 Å². The molecule has 0 saturated heterocycles. The highest BCUT2D eigenvalue weighted by molar-refractivity contribution is 5.86. The topological polar surface area (TPSA) is 84.2 Å². The van der Waals surface area contributed by atoms with Crippen LogP contribution in [-0.4, -0.2) is 24.0 Å². The Kier molecular flexibility index (Phi) is 4.58. The van der Waals surface area contributed by atoms with E-state index in [1.165, 1.54) is 0 Å². The number of hydrogen-bond acceptors (Lipinski definition) is 2. The molecule has 1 aliphatic carbocycles. The first kappa shape index (κ1) is 12.8. The molecule has 1 rings (SSSR count). The van der Waals surface area contributed by atoms with E-state index in [0.717, 1.165) is 31.6 Å². The highest BCUT2D eigenvalue weighted by Gasteiger charge is 2.22. The summed E-state index contributed by atoms with van der Waals surface area (Å²) in [6.07, 6.45) is 4.36. The lowest BCUT2D eigenvalue weighted by Gasteiger charge is -2.27. The molecule has 0 aromatic carbocycles. The lowest BCUT2D eigenvalue weighted by molar-refractivity contribution is -0.123. The maximum atomic E-state index is 11.6. The summed E-state index contributed by atoms with van der Waals surface area (Å²) in [5, 5.41) is 5.30. The number of amides is 3. The maximum Gasteiger partial charge on any atom is 0.312 e. The standard InChI is InChI=1S/C11H21N3O2/c1-7-3-5-9(6-4-7)14-10(15)8(2)13-11(12)16/h7-9H,3-6H2,1-2H3,(H,14,15)(H3,12,13,16)/t7?,8-,9?/m1/s1. The average Bonchev–Trinajstić information content (AvgIpc) is 2.20. The number of nitrogens with two attached hydrogens (primary N) is 1. The predicted molar refractivity (Wildman–Crippen MR) is 61.7 cm³/mol. The van der Waals surface area contributed by atoms with Crippen LogP contribution in [0.2, 0.25) is 0 Å². The first-order valence-electron chi connectivity index (χ1n) is 5.85. The van der Waals surface area contributed by atoms with Crippen molar-refractivity contribution < 1.29 is 9.59 Å². The van der Waals surface area contributed by atoms with Gasteiger partial charge in [0.2, 0.25) is 5.91 Å². The molecule has 1 aliphatic rings. The molecule has 5 nitrogen and oxygen atoms in total. The Morgan fingerprint density at radius 1 is 1.25 bits per heavy atom. The van der Waals surface area contributed by atoms with Crippen LogP contribution in [0.15, 0.2) is 0 Å². The maximum absolute atomic E-state index is 11.6. The third-order valence-corrected chi connectivity index (χ3v) is 3.11. The van der Waals surface area contributed by atoms with E-state index in [1.54, 1.807) is 6.92 Å². The Morgan fingerprint density at radius 2 is 1.81 bits per heavy atom. The van der Waals surface area contributed by atoms with Crippen LogP contribution >= 0.6 is 0 Å². The molecular weight excluding hydrogens is 206 g/mol. The van der Waals surface area contributed by atoms with Gasteiger partial charge in [0.25, 0.3) is 0 Å². The summed E-state index contributed by atoms with van der Waals surface area (Å²) in [6, 6.07) is -0.974. The molecule has 16 heavy (non-hydrogen) atoms. The number of carbonyl (C=O) groups is 2. The van der Waals surface area contributed by atoms with E-state index in [4.69, 9.17) is 5.73 Å². The molecular formula is C11H21N3O2. The molecule has 1 fully saturated rings. The van der Waals surface area contributed by atoms with Crippen molar-refractivity contribution in [3.05, 3.63) is 0 Å². The zero-order valence-corrected chi connectivity index (χ0v) is 9.95. The molecule has 0 aromatic rings. The highest BCUT2D eigenvalue weighted by atomic mass is 16.2. The van der Waals surface area contributed by atoms with Crippen LogP contribution in [0.1, 0.15) is 39.5 Å². The lowest BCUT2D eigenvalue weighted by Crippen LogP contribution is -2.50. The van der Waals surface area contributed by atoms with Crippen molar-refractivity contribution in [3.8, 4) is 0 Å². The van der Waals surface area contributed by atoms with Gasteiger partial charge in [-0.15, -0.1) is 0 Å². The fourth-order valence-corrected chi connectivity index (χ4v) is 2.01. The molecule has 4 N–H and O–H groups in total. The molecule has 0 spiro atoms. The molecule has 0 unspecified atom stereocenters. The summed E-state index contributed by atoms with van der Waals surface area (Å²) >= 11 is 0. The van der Waals surface area contributed by atoms with Gasteiger partial charge in [-0.3, -0.25) is 4.79 Å². The van der Waals surface area contributed by atoms with Gasteiger partial charge in [-0.05, 0) is 38.5 Å². The van der Waals surface area contributed by atoms with Crippen molar-refractivity contribution in [2.24, 2.45) is 11.7 Å². The zero-order chi connectivity index (χ0) is 12.1. The van der Waals surface area contributed by atoms with Gasteiger partial charge in [0.05, 0.1) is 0 Å². The number of rotatable bonds is 3. The van der Waals surface area contributed by atoms with Crippen molar-refractivity contribution in [2.75, 3.05) is 0 Å². The van der Waals surface area contributed by atoms with E-state index in [0.29, 0.717) is 0 Å². The van der Waals surface area contributed by atoms with Crippen molar-refractivity contribution in [1.82, 2.24) is 10.6 Å². The number of primary amides is 1. The number of urea groups is 1. The summed E-state index contributed by atoms with van der Waals surface area (Å²) in [4.78, 5) is 22.2. The molecule has 0 aromatic heterocycles. The van der Waals surface area contributed by atoms with E-state index in [1.807, 2.05) is 0 Å². The van der Waals surface area contributed by atoms with Gasteiger partial charge in [-0.2, -0.15) is 0 Å². The minimum absolute atomic E-state index is 0.154.